The summed E-state index contributed by atoms with van der Waals surface area (Å²) in [5.74, 6) is 0.577. The van der Waals surface area contributed by atoms with Crippen LogP contribution in [0.3, 0.4) is 0 Å². The van der Waals surface area contributed by atoms with Crippen molar-refractivity contribution in [3.63, 3.8) is 0 Å². The highest BCUT2D eigenvalue weighted by atomic mass is 79.9. The van der Waals surface area contributed by atoms with Gasteiger partial charge in [0.1, 0.15) is 0 Å². The van der Waals surface area contributed by atoms with Gasteiger partial charge in [-0.15, -0.1) is 0 Å². The van der Waals surface area contributed by atoms with Crippen molar-refractivity contribution >= 4 is 26.8 Å². The van der Waals surface area contributed by atoms with Crippen molar-refractivity contribution in [3.8, 4) is 0 Å². The Bertz CT molecular complexity index is 468. The molecule has 2 heteroatoms. The summed E-state index contributed by atoms with van der Waals surface area (Å²) >= 11 is 3.52. The Kier molecular flexibility index (Phi) is 2.40. The van der Waals surface area contributed by atoms with Crippen LogP contribution in [0.4, 0.5) is 0 Å². The molecule has 0 amide bonds. The molecule has 1 aromatic heterocycles. The number of rotatable bonds is 1. The van der Waals surface area contributed by atoms with Gasteiger partial charge in [-0.05, 0) is 29.7 Å². The average Bonchev–Trinajstić information content (AvgIpc) is 2.43. The quantitative estimate of drug-likeness (QED) is 0.721. The molecule has 14 heavy (non-hydrogen) atoms. The summed E-state index contributed by atoms with van der Waals surface area (Å²) in [6.07, 6.45) is 2.22. The molecule has 0 saturated heterocycles. The van der Waals surface area contributed by atoms with Gasteiger partial charge in [0.25, 0.3) is 0 Å². The molecule has 1 aromatic carbocycles. The smallest absolute Gasteiger partial charge is 0.0481 e. The van der Waals surface area contributed by atoms with Gasteiger partial charge in [0.15, 0.2) is 0 Å². The lowest BCUT2D eigenvalue weighted by Gasteiger charge is -2.01. The first-order valence-corrected chi connectivity index (χ1v) is 5.63. The maximum atomic E-state index is 3.52. The van der Waals surface area contributed by atoms with Crippen molar-refractivity contribution in [2.24, 2.45) is 7.05 Å². The largest absolute Gasteiger partial charge is 0.350 e. The fraction of sp³-hybridized carbons (Fsp3) is 0.333. The zero-order valence-electron chi connectivity index (χ0n) is 8.71. The molecule has 0 atom stereocenters. The van der Waals surface area contributed by atoms with Gasteiger partial charge in [0.2, 0.25) is 0 Å². The molecular formula is C12H14BrN. The van der Waals surface area contributed by atoms with Gasteiger partial charge in [-0.1, -0.05) is 29.8 Å². The van der Waals surface area contributed by atoms with E-state index in [1.54, 1.807) is 0 Å². The first kappa shape index (κ1) is 9.78. The van der Waals surface area contributed by atoms with Crippen LogP contribution in [0.1, 0.15) is 25.3 Å². The highest BCUT2D eigenvalue weighted by Crippen LogP contribution is 2.29. The van der Waals surface area contributed by atoms with Gasteiger partial charge in [-0.2, -0.15) is 0 Å². The predicted molar refractivity (Wildman–Crippen MR) is 64.7 cm³/mol. The Balaban J connectivity index is 2.79. The van der Waals surface area contributed by atoms with Gasteiger partial charge in [-0.3, -0.25) is 0 Å². The second-order valence-electron chi connectivity index (χ2n) is 4.01. The van der Waals surface area contributed by atoms with Gasteiger partial charge < -0.3 is 4.57 Å². The van der Waals surface area contributed by atoms with Gasteiger partial charge >= 0.3 is 0 Å². The first-order valence-electron chi connectivity index (χ1n) is 4.84. The number of benzene rings is 1. The number of aryl methyl sites for hydroxylation is 1. The average molecular weight is 252 g/mol. The van der Waals surface area contributed by atoms with Crippen molar-refractivity contribution < 1.29 is 0 Å². The van der Waals surface area contributed by atoms with E-state index in [0.29, 0.717) is 5.92 Å². The molecular weight excluding hydrogens is 238 g/mol. The minimum absolute atomic E-state index is 0.577. The third-order valence-corrected chi connectivity index (χ3v) is 3.10. The molecule has 0 aliphatic carbocycles. The molecule has 0 spiro atoms. The van der Waals surface area contributed by atoms with Crippen LogP contribution in [0.2, 0.25) is 0 Å². The third kappa shape index (κ3) is 1.48. The Hall–Kier alpha value is -0.760. The van der Waals surface area contributed by atoms with Crippen LogP contribution in [-0.2, 0) is 7.05 Å². The highest BCUT2D eigenvalue weighted by Gasteiger charge is 2.09. The van der Waals surface area contributed by atoms with Crippen molar-refractivity contribution in [1.29, 1.82) is 0 Å². The zero-order valence-corrected chi connectivity index (χ0v) is 10.3. The van der Waals surface area contributed by atoms with E-state index in [-0.39, 0.29) is 0 Å². The van der Waals surface area contributed by atoms with Crippen LogP contribution >= 0.6 is 15.9 Å². The van der Waals surface area contributed by atoms with Gasteiger partial charge in [0, 0.05) is 28.6 Å². The zero-order chi connectivity index (χ0) is 10.3. The van der Waals surface area contributed by atoms with E-state index < -0.39 is 0 Å². The molecule has 74 valence electrons. The summed E-state index contributed by atoms with van der Waals surface area (Å²) < 4.78 is 3.34. The van der Waals surface area contributed by atoms with Crippen LogP contribution in [-0.4, -0.2) is 4.57 Å². The SMILES string of the molecule is CC(C)c1cn(C)c2ccc(Br)cc12. The topological polar surface area (TPSA) is 4.93 Å². The molecule has 0 saturated carbocycles. The lowest BCUT2D eigenvalue weighted by Crippen LogP contribution is -1.84. The summed E-state index contributed by atoms with van der Waals surface area (Å²) in [5.41, 5.74) is 2.72. The number of aromatic nitrogens is 1. The molecule has 0 N–H and O–H groups in total. The maximum Gasteiger partial charge on any atom is 0.0481 e. The van der Waals surface area contributed by atoms with E-state index in [1.165, 1.54) is 16.5 Å². The van der Waals surface area contributed by atoms with E-state index in [2.05, 4.69) is 65.8 Å². The fourth-order valence-electron chi connectivity index (χ4n) is 1.85. The molecule has 0 unspecified atom stereocenters. The van der Waals surface area contributed by atoms with Crippen molar-refractivity contribution in [1.82, 2.24) is 4.57 Å². The predicted octanol–water partition coefficient (Wildman–Crippen LogP) is 4.06. The number of hydrogen-bond acceptors (Lipinski definition) is 0. The summed E-state index contributed by atoms with van der Waals surface area (Å²) in [6.45, 7) is 4.46. The molecule has 0 fully saturated rings. The van der Waals surface area contributed by atoms with E-state index in [0.717, 1.165) is 4.47 Å². The summed E-state index contributed by atoms with van der Waals surface area (Å²) in [5, 5.41) is 1.36. The highest BCUT2D eigenvalue weighted by molar-refractivity contribution is 9.10. The van der Waals surface area contributed by atoms with Gasteiger partial charge in [0.05, 0.1) is 0 Å². The second kappa shape index (κ2) is 3.43. The van der Waals surface area contributed by atoms with E-state index in [1.807, 2.05) is 0 Å². The fourth-order valence-corrected chi connectivity index (χ4v) is 2.22. The first-order chi connectivity index (χ1) is 6.59. The molecule has 0 bridgehead atoms. The molecule has 0 aliphatic rings. The van der Waals surface area contributed by atoms with E-state index >= 15 is 0 Å². The molecule has 0 aliphatic heterocycles. The minimum Gasteiger partial charge on any atom is -0.350 e. The van der Waals surface area contributed by atoms with Crippen LogP contribution in [0.25, 0.3) is 10.9 Å². The van der Waals surface area contributed by atoms with Gasteiger partial charge in [-0.25, -0.2) is 0 Å². The Labute approximate surface area is 92.9 Å². The summed E-state index contributed by atoms with van der Waals surface area (Å²) in [7, 11) is 2.10. The number of hydrogen-bond donors (Lipinski definition) is 0. The standard InChI is InChI=1S/C12H14BrN/c1-8(2)11-7-14(3)12-5-4-9(13)6-10(11)12/h4-8H,1-3H3. The van der Waals surface area contributed by atoms with Crippen molar-refractivity contribution in [2.75, 3.05) is 0 Å². The van der Waals surface area contributed by atoms with E-state index in [4.69, 9.17) is 0 Å². The van der Waals surface area contributed by atoms with Crippen molar-refractivity contribution in [3.05, 3.63) is 34.4 Å². The molecule has 1 nitrogen and oxygen atoms in total. The molecule has 0 radical (unpaired) electrons. The van der Waals surface area contributed by atoms with Crippen LogP contribution in [0, 0.1) is 0 Å². The molecule has 2 aromatic rings. The summed E-state index contributed by atoms with van der Waals surface area (Å²) in [4.78, 5) is 0. The van der Waals surface area contributed by atoms with Crippen LogP contribution < -0.4 is 0 Å². The monoisotopic (exact) mass is 251 g/mol. The number of halogens is 1. The van der Waals surface area contributed by atoms with Crippen LogP contribution in [0.15, 0.2) is 28.9 Å². The number of fused-ring (bicyclic) bond motifs is 1. The minimum atomic E-state index is 0.577. The molecule has 2 rings (SSSR count). The maximum absolute atomic E-state index is 3.52. The summed E-state index contributed by atoms with van der Waals surface area (Å²) in [6, 6.07) is 6.45. The normalized spacial score (nSPS) is 11.5. The van der Waals surface area contributed by atoms with Crippen molar-refractivity contribution in [2.45, 2.75) is 19.8 Å². The Morgan fingerprint density at radius 2 is 2.00 bits per heavy atom. The number of nitrogens with zero attached hydrogens (tertiary/aromatic N) is 1. The lowest BCUT2D eigenvalue weighted by atomic mass is 10.0. The van der Waals surface area contributed by atoms with Crippen LogP contribution in [0.5, 0.6) is 0 Å². The lowest BCUT2D eigenvalue weighted by molar-refractivity contribution is 0.857. The Morgan fingerprint density at radius 3 is 2.64 bits per heavy atom. The molecule has 1 heterocycles. The second-order valence-corrected chi connectivity index (χ2v) is 4.93. The third-order valence-electron chi connectivity index (χ3n) is 2.60. The van der Waals surface area contributed by atoms with E-state index in [9.17, 15) is 0 Å². The Morgan fingerprint density at radius 1 is 1.29 bits per heavy atom.